The molecule has 1 aromatic heterocycles. The number of nitrogens with zero attached hydrogens (tertiary/aromatic N) is 1. The Labute approximate surface area is 161 Å². The average Bonchev–Trinajstić information content (AvgIpc) is 3.11. The first-order chi connectivity index (χ1) is 10.4. The lowest BCUT2D eigenvalue weighted by atomic mass is 9.84. The van der Waals surface area contributed by atoms with Crippen LogP contribution in [-0.2, 0) is 16.6 Å². The van der Waals surface area contributed by atoms with Crippen LogP contribution in [0.15, 0.2) is 5.38 Å². The summed E-state index contributed by atoms with van der Waals surface area (Å²) in [7, 11) is 0. The van der Waals surface area contributed by atoms with E-state index in [1.807, 2.05) is 0 Å². The third-order valence-electron chi connectivity index (χ3n) is 5.24. The van der Waals surface area contributed by atoms with Crippen LogP contribution in [0.4, 0.5) is 0 Å². The van der Waals surface area contributed by atoms with Gasteiger partial charge in [-0.05, 0) is 31.1 Å². The molecule has 4 atom stereocenters. The van der Waals surface area contributed by atoms with E-state index in [1.54, 1.807) is 11.3 Å². The Morgan fingerprint density at radius 3 is 2.54 bits per heavy atom. The first-order valence-electron chi connectivity index (χ1n) is 8.34. The fraction of sp³-hybridized carbons (Fsp3) is 0.765. The lowest BCUT2D eigenvalue weighted by Gasteiger charge is -2.26. The molecule has 0 spiro atoms. The van der Waals surface area contributed by atoms with E-state index in [4.69, 9.17) is 5.73 Å². The molecule has 3 rings (SSSR count). The monoisotopic (exact) mass is 393 g/mol. The molecule has 2 aliphatic carbocycles. The van der Waals surface area contributed by atoms with E-state index in [9.17, 15) is 4.79 Å². The number of hydrogen-bond donors (Lipinski definition) is 2. The van der Waals surface area contributed by atoms with Gasteiger partial charge in [0.2, 0.25) is 5.91 Å². The van der Waals surface area contributed by atoms with E-state index in [-0.39, 0.29) is 48.1 Å². The molecule has 1 aromatic rings. The molecule has 4 nitrogen and oxygen atoms in total. The number of fused-ring (bicyclic) bond motifs is 2. The number of rotatable bonds is 4. The largest absolute Gasteiger partial charge is 0.355 e. The Morgan fingerprint density at radius 2 is 2.00 bits per heavy atom. The highest BCUT2D eigenvalue weighted by Crippen LogP contribution is 2.47. The zero-order chi connectivity index (χ0) is 15.9. The second kappa shape index (κ2) is 8.35. The summed E-state index contributed by atoms with van der Waals surface area (Å²) < 4.78 is 0. The van der Waals surface area contributed by atoms with Crippen LogP contribution in [-0.4, -0.2) is 23.5 Å². The van der Waals surface area contributed by atoms with Crippen LogP contribution in [0.2, 0.25) is 0 Å². The van der Waals surface area contributed by atoms with Crippen molar-refractivity contribution in [1.29, 1.82) is 0 Å². The zero-order valence-electron chi connectivity index (χ0n) is 14.6. The zero-order valence-corrected chi connectivity index (χ0v) is 17.0. The first-order valence-corrected chi connectivity index (χ1v) is 9.22. The predicted molar refractivity (Wildman–Crippen MR) is 104 cm³/mol. The number of nitrogens with one attached hydrogen (secondary N) is 1. The molecule has 7 heteroatoms. The molecular formula is C17H29Cl2N3OS. The van der Waals surface area contributed by atoms with Crippen molar-refractivity contribution in [3.8, 4) is 0 Å². The molecule has 1 amide bonds. The number of aromatic nitrogens is 1. The molecule has 0 aliphatic heterocycles. The summed E-state index contributed by atoms with van der Waals surface area (Å²) in [5.74, 6) is 1.30. The summed E-state index contributed by atoms with van der Waals surface area (Å²) in [4.78, 5) is 17.1. The van der Waals surface area contributed by atoms with E-state index in [1.165, 1.54) is 12.8 Å². The molecular weight excluding hydrogens is 365 g/mol. The van der Waals surface area contributed by atoms with Crippen LogP contribution in [0.5, 0.6) is 0 Å². The second-order valence-electron chi connectivity index (χ2n) is 7.85. The van der Waals surface area contributed by atoms with Crippen molar-refractivity contribution in [3.05, 3.63) is 16.1 Å². The standard InChI is InChI=1S/C17H27N3OS.2ClH/c1-17(2,3)12-9-22-13(20-12)6-7-19-16(21)14-10-4-5-11(8-10)15(14)18;;/h9-11,14-15H,4-8,18H2,1-3H3,(H,19,21);2*1H. The SMILES string of the molecule is CC(C)(C)c1csc(CCNC(=O)C2C3CCC(C3)C2N)n1.Cl.Cl. The first kappa shape index (κ1) is 21.7. The van der Waals surface area contributed by atoms with Crippen molar-refractivity contribution in [2.45, 2.75) is 57.9 Å². The Kier molecular flexibility index (Phi) is 7.54. The van der Waals surface area contributed by atoms with E-state index in [2.05, 4.69) is 36.5 Å². The molecule has 0 saturated heterocycles. The average molecular weight is 394 g/mol. The van der Waals surface area contributed by atoms with Crippen molar-refractivity contribution in [2.75, 3.05) is 6.54 Å². The van der Waals surface area contributed by atoms with Crippen molar-refractivity contribution >= 4 is 42.1 Å². The van der Waals surface area contributed by atoms with Crippen molar-refractivity contribution in [1.82, 2.24) is 10.3 Å². The van der Waals surface area contributed by atoms with E-state index in [0.717, 1.165) is 23.5 Å². The fourth-order valence-electron chi connectivity index (χ4n) is 3.91. The fourth-order valence-corrected chi connectivity index (χ4v) is 4.93. The number of halogens is 2. The summed E-state index contributed by atoms with van der Waals surface area (Å²) in [6.07, 6.45) is 4.35. The minimum absolute atomic E-state index is 0. The summed E-state index contributed by atoms with van der Waals surface area (Å²) in [5, 5.41) is 6.31. The van der Waals surface area contributed by atoms with Gasteiger partial charge in [-0.25, -0.2) is 4.98 Å². The smallest absolute Gasteiger partial charge is 0.224 e. The molecule has 0 radical (unpaired) electrons. The van der Waals surface area contributed by atoms with Gasteiger partial charge in [-0.15, -0.1) is 36.2 Å². The van der Waals surface area contributed by atoms with Gasteiger partial charge < -0.3 is 11.1 Å². The summed E-state index contributed by atoms with van der Waals surface area (Å²) >= 11 is 1.69. The second-order valence-corrected chi connectivity index (χ2v) is 8.80. The van der Waals surface area contributed by atoms with Crippen molar-refractivity contribution in [3.63, 3.8) is 0 Å². The lowest BCUT2D eigenvalue weighted by molar-refractivity contribution is -0.127. The number of carbonyl (C=O) groups excluding carboxylic acids is 1. The molecule has 4 unspecified atom stereocenters. The van der Waals surface area contributed by atoms with Crippen molar-refractivity contribution < 1.29 is 4.79 Å². The van der Waals surface area contributed by atoms with Gasteiger partial charge in [-0.3, -0.25) is 4.79 Å². The molecule has 2 bridgehead atoms. The van der Waals surface area contributed by atoms with Gasteiger partial charge >= 0.3 is 0 Å². The minimum Gasteiger partial charge on any atom is -0.355 e. The maximum Gasteiger partial charge on any atom is 0.224 e. The number of amides is 1. The van der Waals surface area contributed by atoms with Gasteiger partial charge in [-0.1, -0.05) is 20.8 Å². The van der Waals surface area contributed by atoms with Gasteiger partial charge in [0.15, 0.2) is 0 Å². The third kappa shape index (κ3) is 4.43. The molecule has 24 heavy (non-hydrogen) atoms. The van der Waals surface area contributed by atoms with Gasteiger partial charge in [0.25, 0.3) is 0 Å². The highest BCUT2D eigenvalue weighted by atomic mass is 35.5. The quantitative estimate of drug-likeness (QED) is 0.823. The van der Waals surface area contributed by atoms with Crippen LogP contribution in [0.3, 0.4) is 0 Å². The molecule has 1 heterocycles. The Bertz CT molecular complexity index is 556. The lowest BCUT2D eigenvalue weighted by Crippen LogP contribution is -2.45. The normalized spacial score (nSPS) is 28.2. The predicted octanol–water partition coefficient (Wildman–Crippen LogP) is 3.32. The summed E-state index contributed by atoms with van der Waals surface area (Å²) in [6.45, 7) is 7.18. The molecule has 0 aromatic carbocycles. The van der Waals surface area contributed by atoms with Crippen LogP contribution in [0, 0.1) is 17.8 Å². The summed E-state index contributed by atoms with van der Waals surface area (Å²) in [5.41, 5.74) is 7.45. The number of hydrogen-bond acceptors (Lipinski definition) is 4. The number of nitrogens with two attached hydrogens (primary N) is 1. The summed E-state index contributed by atoms with van der Waals surface area (Å²) in [6, 6.07) is 0.0751. The number of carbonyl (C=O) groups is 1. The molecule has 2 saturated carbocycles. The maximum atomic E-state index is 12.4. The van der Waals surface area contributed by atoms with Crippen LogP contribution in [0.25, 0.3) is 0 Å². The van der Waals surface area contributed by atoms with Gasteiger partial charge in [0.1, 0.15) is 0 Å². The van der Waals surface area contributed by atoms with Gasteiger partial charge in [-0.2, -0.15) is 0 Å². The molecule has 2 aliphatic rings. The highest BCUT2D eigenvalue weighted by molar-refractivity contribution is 7.09. The van der Waals surface area contributed by atoms with Crippen LogP contribution >= 0.6 is 36.2 Å². The Morgan fingerprint density at radius 1 is 1.33 bits per heavy atom. The maximum absolute atomic E-state index is 12.4. The van der Waals surface area contributed by atoms with E-state index in [0.29, 0.717) is 18.4 Å². The van der Waals surface area contributed by atoms with E-state index < -0.39 is 0 Å². The van der Waals surface area contributed by atoms with Crippen LogP contribution in [0.1, 0.15) is 50.7 Å². The minimum atomic E-state index is 0. The third-order valence-corrected chi connectivity index (χ3v) is 6.15. The molecule has 3 N–H and O–H groups in total. The van der Waals surface area contributed by atoms with Crippen LogP contribution < -0.4 is 11.1 Å². The van der Waals surface area contributed by atoms with E-state index >= 15 is 0 Å². The highest BCUT2D eigenvalue weighted by Gasteiger charge is 2.48. The number of thiazole rings is 1. The molecule has 138 valence electrons. The van der Waals surface area contributed by atoms with Crippen molar-refractivity contribution in [2.24, 2.45) is 23.5 Å². The topological polar surface area (TPSA) is 68.0 Å². The van der Waals surface area contributed by atoms with Gasteiger partial charge in [0.05, 0.1) is 16.6 Å². The molecule has 2 fully saturated rings. The Hall–Kier alpha value is -0.360. The Balaban J connectivity index is 0.00000144. The van der Waals surface area contributed by atoms with Gasteiger partial charge in [0, 0.05) is 29.8 Å².